The minimum Gasteiger partial charge on any atom is -0.492 e. The van der Waals surface area contributed by atoms with Crippen molar-refractivity contribution in [1.29, 1.82) is 0 Å². The lowest BCUT2D eigenvalue weighted by molar-refractivity contribution is 0.306. The quantitative estimate of drug-likeness (QED) is 0.0665. The molecule has 0 saturated carbocycles. The number of benzene rings is 2. The number of unbranched alkanes of at least 4 members (excludes halogenated alkanes) is 10. The minimum atomic E-state index is 0.740. The van der Waals surface area contributed by atoms with Gasteiger partial charge in [-0.25, -0.2) is 0 Å². The lowest BCUT2D eigenvalue weighted by Gasteiger charge is -2.18. The van der Waals surface area contributed by atoms with Crippen LogP contribution in [0.4, 0.5) is 0 Å². The van der Waals surface area contributed by atoms with E-state index in [-0.39, 0.29) is 0 Å². The Labute approximate surface area is 278 Å². The largest absolute Gasteiger partial charge is 0.492 e. The normalized spacial score (nSPS) is 11.4. The molecule has 6 heteroatoms. The topological polar surface area (TPSA) is 18.5 Å². The van der Waals surface area contributed by atoms with E-state index in [1.165, 1.54) is 94.8 Å². The third-order valence-corrected chi connectivity index (χ3v) is 11.9. The van der Waals surface area contributed by atoms with Crippen LogP contribution in [-0.2, 0) is 10.7 Å². The van der Waals surface area contributed by atoms with Gasteiger partial charge in [0.15, 0.2) is 0 Å². The standard InChI is InChI=1S/C36H46Br2O2S2/c1-3-5-7-9-11-13-23-39-35-29-17-20-32(34-22-16-28(26-38)42-34)36(40-24-14-12-10-8-6-4-2)30(29)18-19-31(35)33-21-15-27(25-37)41-33/h15-22H,3-14,23-26H2,1-2H3. The van der Waals surface area contributed by atoms with Gasteiger partial charge in [-0.15, -0.1) is 22.7 Å². The van der Waals surface area contributed by atoms with E-state index in [0.717, 1.165) is 59.0 Å². The van der Waals surface area contributed by atoms with Gasteiger partial charge in [0, 0.05) is 52.1 Å². The molecule has 42 heavy (non-hydrogen) atoms. The predicted octanol–water partition coefficient (Wildman–Crippen LogP) is 13.6. The molecule has 0 N–H and O–H groups in total. The first-order chi connectivity index (χ1) is 20.7. The van der Waals surface area contributed by atoms with Gasteiger partial charge >= 0.3 is 0 Å². The highest BCUT2D eigenvalue weighted by Gasteiger charge is 2.19. The fourth-order valence-corrected chi connectivity index (χ4v) is 8.17. The summed E-state index contributed by atoms with van der Waals surface area (Å²) in [4.78, 5) is 5.16. The lowest BCUT2D eigenvalue weighted by Crippen LogP contribution is -2.02. The summed E-state index contributed by atoms with van der Waals surface area (Å²) in [6.07, 6.45) is 15.0. The second kappa shape index (κ2) is 18.5. The molecular weight excluding hydrogens is 688 g/mol. The molecule has 0 unspecified atom stereocenters. The molecule has 4 rings (SSSR count). The zero-order chi connectivity index (χ0) is 29.6. The van der Waals surface area contributed by atoms with E-state index >= 15 is 0 Å². The highest BCUT2D eigenvalue weighted by Crippen LogP contribution is 2.46. The molecule has 0 aliphatic heterocycles. The van der Waals surface area contributed by atoms with Crippen LogP contribution in [0, 0.1) is 0 Å². The SMILES string of the molecule is CCCCCCCCOc1c(-c2ccc(CBr)s2)ccc2c(OCCCCCCCC)c(-c3ccc(CBr)s3)ccc12. The van der Waals surface area contributed by atoms with Crippen molar-refractivity contribution in [3.8, 4) is 32.4 Å². The number of rotatable bonds is 20. The molecule has 2 aromatic heterocycles. The van der Waals surface area contributed by atoms with Gasteiger partial charge in [-0.05, 0) is 61.4 Å². The number of halogens is 2. The number of thiophene rings is 2. The molecule has 0 spiro atoms. The first-order valence-electron chi connectivity index (χ1n) is 15.9. The van der Waals surface area contributed by atoms with E-state index < -0.39 is 0 Å². The molecular formula is C36H46Br2O2S2. The molecule has 0 aliphatic carbocycles. The molecule has 0 saturated heterocycles. The van der Waals surface area contributed by atoms with Gasteiger partial charge in [-0.2, -0.15) is 0 Å². The third-order valence-electron chi connectivity index (χ3n) is 7.71. The minimum absolute atomic E-state index is 0.740. The number of alkyl halides is 2. The molecule has 0 amide bonds. The van der Waals surface area contributed by atoms with Crippen molar-refractivity contribution in [2.45, 2.75) is 102 Å². The Hall–Kier alpha value is -1.34. The van der Waals surface area contributed by atoms with Crippen LogP contribution in [0.2, 0.25) is 0 Å². The van der Waals surface area contributed by atoms with Gasteiger partial charge in [-0.1, -0.05) is 110 Å². The molecule has 2 nitrogen and oxygen atoms in total. The molecule has 228 valence electrons. The third kappa shape index (κ3) is 9.33. The van der Waals surface area contributed by atoms with E-state index in [4.69, 9.17) is 9.47 Å². The Balaban J connectivity index is 1.67. The van der Waals surface area contributed by atoms with Crippen LogP contribution in [0.1, 0.15) is 101 Å². The van der Waals surface area contributed by atoms with Crippen LogP contribution >= 0.6 is 54.5 Å². The van der Waals surface area contributed by atoms with Gasteiger partial charge in [0.05, 0.1) is 13.2 Å². The van der Waals surface area contributed by atoms with Gasteiger partial charge in [-0.3, -0.25) is 0 Å². The molecule has 4 aromatic rings. The maximum atomic E-state index is 6.69. The second-order valence-electron chi connectivity index (χ2n) is 11.0. The molecule has 2 heterocycles. The van der Waals surface area contributed by atoms with Crippen molar-refractivity contribution in [2.24, 2.45) is 0 Å². The average Bonchev–Trinajstić information content (AvgIpc) is 3.70. The van der Waals surface area contributed by atoms with Crippen molar-refractivity contribution >= 4 is 65.3 Å². The fraction of sp³-hybridized carbons (Fsp3) is 0.500. The van der Waals surface area contributed by atoms with Crippen LogP contribution in [0.25, 0.3) is 31.7 Å². The van der Waals surface area contributed by atoms with Crippen LogP contribution in [-0.4, -0.2) is 13.2 Å². The Bertz CT molecular complexity index is 1260. The van der Waals surface area contributed by atoms with E-state index in [1.807, 2.05) is 22.7 Å². The Morgan fingerprint density at radius 1 is 0.500 bits per heavy atom. The molecule has 0 bridgehead atoms. The van der Waals surface area contributed by atoms with E-state index in [1.54, 1.807) is 0 Å². The summed E-state index contributed by atoms with van der Waals surface area (Å²) in [5.41, 5.74) is 2.36. The molecule has 0 atom stereocenters. The Kier molecular flexibility index (Phi) is 14.7. The maximum Gasteiger partial charge on any atom is 0.135 e. The average molecular weight is 735 g/mol. The fourth-order valence-electron chi connectivity index (χ4n) is 5.35. The number of ether oxygens (including phenoxy) is 2. The summed E-state index contributed by atoms with van der Waals surface area (Å²) in [6, 6.07) is 17.9. The van der Waals surface area contributed by atoms with Crippen molar-refractivity contribution in [3.63, 3.8) is 0 Å². The van der Waals surface area contributed by atoms with Gasteiger partial charge in [0.25, 0.3) is 0 Å². The smallest absolute Gasteiger partial charge is 0.135 e. The predicted molar refractivity (Wildman–Crippen MR) is 194 cm³/mol. The maximum absolute atomic E-state index is 6.69. The number of hydrogen-bond acceptors (Lipinski definition) is 4. The van der Waals surface area contributed by atoms with Crippen LogP contribution in [0.5, 0.6) is 11.5 Å². The molecule has 0 fully saturated rings. The van der Waals surface area contributed by atoms with Crippen LogP contribution in [0.3, 0.4) is 0 Å². The van der Waals surface area contributed by atoms with Crippen LogP contribution < -0.4 is 9.47 Å². The van der Waals surface area contributed by atoms with Crippen molar-refractivity contribution < 1.29 is 9.47 Å². The van der Waals surface area contributed by atoms with E-state index in [9.17, 15) is 0 Å². The molecule has 2 aromatic carbocycles. The summed E-state index contributed by atoms with van der Waals surface area (Å²) >= 11 is 10.9. The zero-order valence-electron chi connectivity index (χ0n) is 25.3. The summed E-state index contributed by atoms with van der Waals surface area (Å²) in [7, 11) is 0. The van der Waals surface area contributed by atoms with Crippen molar-refractivity contribution in [1.82, 2.24) is 0 Å². The Morgan fingerprint density at radius 2 is 0.905 bits per heavy atom. The number of fused-ring (bicyclic) bond motifs is 1. The van der Waals surface area contributed by atoms with Gasteiger partial charge < -0.3 is 9.47 Å². The van der Waals surface area contributed by atoms with Gasteiger partial charge in [0.1, 0.15) is 11.5 Å². The summed E-state index contributed by atoms with van der Waals surface area (Å²) in [5, 5.41) is 4.03. The van der Waals surface area contributed by atoms with E-state index in [2.05, 4.69) is 94.2 Å². The van der Waals surface area contributed by atoms with Crippen LogP contribution in [0.15, 0.2) is 48.5 Å². The van der Waals surface area contributed by atoms with E-state index in [0.29, 0.717) is 0 Å². The summed E-state index contributed by atoms with van der Waals surface area (Å²) < 4.78 is 13.4. The monoisotopic (exact) mass is 732 g/mol. The first-order valence-corrected chi connectivity index (χ1v) is 19.7. The zero-order valence-corrected chi connectivity index (χ0v) is 30.1. The summed E-state index contributed by atoms with van der Waals surface area (Å²) in [5.74, 6) is 1.99. The highest BCUT2D eigenvalue weighted by molar-refractivity contribution is 9.08. The molecule has 0 aliphatic rings. The van der Waals surface area contributed by atoms with Gasteiger partial charge in [0.2, 0.25) is 0 Å². The van der Waals surface area contributed by atoms with Crippen molar-refractivity contribution in [2.75, 3.05) is 13.2 Å². The second-order valence-corrected chi connectivity index (χ2v) is 14.5. The Morgan fingerprint density at radius 3 is 1.29 bits per heavy atom. The lowest BCUT2D eigenvalue weighted by atomic mass is 9.99. The number of hydrogen-bond donors (Lipinski definition) is 0. The molecule has 0 radical (unpaired) electrons. The highest BCUT2D eigenvalue weighted by atomic mass is 79.9. The first kappa shape index (κ1) is 33.6. The summed E-state index contributed by atoms with van der Waals surface area (Å²) in [6.45, 7) is 6.02. The van der Waals surface area contributed by atoms with Crippen molar-refractivity contribution in [3.05, 3.63) is 58.3 Å².